The molecule has 1 atom stereocenters. The van der Waals surface area contributed by atoms with Crippen LogP contribution in [0.5, 0.6) is 0 Å². The quantitative estimate of drug-likeness (QED) is 0.607. The summed E-state index contributed by atoms with van der Waals surface area (Å²) < 4.78 is 0. The molecule has 0 radical (unpaired) electrons. The van der Waals surface area contributed by atoms with E-state index < -0.39 is 0 Å². The van der Waals surface area contributed by atoms with Crippen molar-refractivity contribution in [3.63, 3.8) is 0 Å². The Balaban J connectivity index is 1.36. The number of likely N-dealkylation sites (tertiary alicyclic amines) is 2. The molecule has 0 amide bonds. The topological polar surface area (TPSA) is 32.3 Å². The number of piperidine rings is 1. The predicted octanol–water partition coefficient (Wildman–Crippen LogP) is 3.65. The van der Waals surface area contributed by atoms with Gasteiger partial charge in [0.05, 0.1) is 0 Å². The van der Waals surface area contributed by atoms with Crippen LogP contribution in [0.1, 0.15) is 36.3 Å². The molecule has 0 bridgehead atoms. The SMILES string of the molecule is CSc1ncc(CN2CCC3(CC2)CC(c2ccccc2)CN3C)cn1. The van der Waals surface area contributed by atoms with Gasteiger partial charge in [-0.15, -0.1) is 0 Å². The molecule has 0 N–H and O–H groups in total. The molecule has 1 aromatic carbocycles. The van der Waals surface area contributed by atoms with Gasteiger partial charge in [-0.3, -0.25) is 9.80 Å². The molecule has 138 valence electrons. The third kappa shape index (κ3) is 3.66. The van der Waals surface area contributed by atoms with E-state index in [1.807, 2.05) is 18.6 Å². The second kappa shape index (κ2) is 7.67. The number of hydrogen-bond donors (Lipinski definition) is 0. The van der Waals surface area contributed by atoms with Crippen molar-refractivity contribution in [2.45, 2.75) is 42.4 Å². The van der Waals surface area contributed by atoms with E-state index in [0.717, 1.165) is 24.8 Å². The summed E-state index contributed by atoms with van der Waals surface area (Å²) in [7, 11) is 2.33. The molecule has 1 aromatic heterocycles. The summed E-state index contributed by atoms with van der Waals surface area (Å²) >= 11 is 1.59. The van der Waals surface area contributed by atoms with Crippen LogP contribution in [0.2, 0.25) is 0 Å². The Morgan fingerprint density at radius 3 is 2.46 bits per heavy atom. The Labute approximate surface area is 161 Å². The summed E-state index contributed by atoms with van der Waals surface area (Å²) in [6.45, 7) is 4.48. The van der Waals surface area contributed by atoms with Gasteiger partial charge in [-0.1, -0.05) is 42.1 Å². The number of rotatable bonds is 4. The Hall–Kier alpha value is -1.43. The zero-order chi connectivity index (χ0) is 18.0. The molecule has 26 heavy (non-hydrogen) atoms. The van der Waals surface area contributed by atoms with Crippen LogP contribution in [0, 0.1) is 0 Å². The van der Waals surface area contributed by atoms with Gasteiger partial charge < -0.3 is 0 Å². The molecule has 2 aliphatic heterocycles. The highest BCUT2D eigenvalue weighted by atomic mass is 32.2. The highest BCUT2D eigenvalue weighted by molar-refractivity contribution is 7.98. The van der Waals surface area contributed by atoms with E-state index in [0.29, 0.717) is 11.5 Å². The van der Waals surface area contributed by atoms with E-state index in [-0.39, 0.29) is 0 Å². The number of likely N-dealkylation sites (N-methyl/N-ethyl adjacent to an activating group) is 1. The molecule has 0 saturated carbocycles. The molecule has 2 fully saturated rings. The van der Waals surface area contributed by atoms with Crippen molar-refractivity contribution in [3.8, 4) is 0 Å². The van der Waals surface area contributed by atoms with Crippen LogP contribution in [-0.4, -0.2) is 58.2 Å². The van der Waals surface area contributed by atoms with Crippen LogP contribution in [0.25, 0.3) is 0 Å². The van der Waals surface area contributed by atoms with Gasteiger partial charge in [-0.25, -0.2) is 9.97 Å². The van der Waals surface area contributed by atoms with Crippen molar-refractivity contribution in [1.29, 1.82) is 0 Å². The van der Waals surface area contributed by atoms with Gasteiger partial charge in [-0.2, -0.15) is 0 Å². The first-order valence-corrected chi connectivity index (χ1v) is 10.7. The average molecular weight is 369 g/mol. The Bertz CT molecular complexity index is 711. The molecule has 1 unspecified atom stereocenters. The van der Waals surface area contributed by atoms with Crippen molar-refractivity contribution >= 4 is 11.8 Å². The maximum absolute atomic E-state index is 4.41. The van der Waals surface area contributed by atoms with Gasteiger partial charge in [0.25, 0.3) is 0 Å². The minimum Gasteiger partial charge on any atom is -0.300 e. The van der Waals surface area contributed by atoms with Gasteiger partial charge in [0.1, 0.15) is 0 Å². The van der Waals surface area contributed by atoms with Crippen molar-refractivity contribution in [3.05, 3.63) is 53.9 Å². The van der Waals surface area contributed by atoms with Crippen LogP contribution in [-0.2, 0) is 6.54 Å². The molecule has 0 aliphatic carbocycles. The maximum Gasteiger partial charge on any atom is 0.187 e. The Morgan fingerprint density at radius 2 is 1.81 bits per heavy atom. The number of thioether (sulfide) groups is 1. The van der Waals surface area contributed by atoms with Crippen molar-refractivity contribution in [2.75, 3.05) is 32.9 Å². The first kappa shape index (κ1) is 18.0. The van der Waals surface area contributed by atoms with Gasteiger partial charge in [-0.05, 0) is 44.0 Å². The fraction of sp³-hybridized carbons (Fsp3) is 0.524. The van der Waals surface area contributed by atoms with Crippen molar-refractivity contribution < 1.29 is 0 Å². The summed E-state index contributed by atoms with van der Waals surface area (Å²) in [5.41, 5.74) is 3.11. The van der Waals surface area contributed by atoms with E-state index in [9.17, 15) is 0 Å². The van der Waals surface area contributed by atoms with Crippen molar-refractivity contribution in [2.24, 2.45) is 0 Å². The standard InChI is InChI=1S/C21H28N4S/c1-24-16-19(18-6-4-3-5-7-18)12-21(24)8-10-25(11-9-21)15-17-13-22-20(26-2)23-14-17/h3-7,13-14,19H,8-12,15-16H2,1-2H3. The minimum atomic E-state index is 0.385. The lowest BCUT2D eigenvalue weighted by Gasteiger charge is -2.43. The maximum atomic E-state index is 4.41. The van der Waals surface area contributed by atoms with Gasteiger partial charge in [0.15, 0.2) is 5.16 Å². The molecule has 2 saturated heterocycles. The largest absolute Gasteiger partial charge is 0.300 e. The average Bonchev–Trinajstić information content (AvgIpc) is 3.01. The number of aromatic nitrogens is 2. The number of hydrogen-bond acceptors (Lipinski definition) is 5. The van der Waals surface area contributed by atoms with E-state index in [4.69, 9.17) is 0 Å². The first-order valence-electron chi connectivity index (χ1n) is 9.52. The van der Waals surface area contributed by atoms with Crippen LogP contribution in [0.15, 0.2) is 47.9 Å². The van der Waals surface area contributed by atoms with Gasteiger partial charge >= 0.3 is 0 Å². The van der Waals surface area contributed by atoms with Crippen LogP contribution < -0.4 is 0 Å². The Kier molecular flexibility index (Phi) is 5.30. The van der Waals surface area contributed by atoms with E-state index in [2.05, 4.69) is 57.1 Å². The van der Waals surface area contributed by atoms with Gasteiger partial charge in [0, 0.05) is 49.7 Å². The van der Waals surface area contributed by atoms with Crippen LogP contribution in [0.4, 0.5) is 0 Å². The minimum absolute atomic E-state index is 0.385. The van der Waals surface area contributed by atoms with Crippen LogP contribution in [0.3, 0.4) is 0 Å². The molecule has 5 heteroatoms. The van der Waals surface area contributed by atoms with E-state index in [1.54, 1.807) is 11.8 Å². The second-order valence-electron chi connectivity index (χ2n) is 7.77. The fourth-order valence-corrected chi connectivity index (χ4v) is 4.97. The molecule has 2 aliphatic rings. The van der Waals surface area contributed by atoms with Gasteiger partial charge in [0.2, 0.25) is 0 Å². The number of nitrogens with zero attached hydrogens (tertiary/aromatic N) is 4. The lowest BCUT2D eigenvalue weighted by molar-refractivity contribution is 0.0671. The smallest absolute Gasteiger partial charge is 0.187 e. The third-order valence-corrected chi connectivity index (χ3v) is 6.83. The van der Waals surface area contributed by atoms with Crippen LogP contribution >= 0.6 is 11.8 Å². The molecule has 2 aromatic rings. The Morgan fingerprint density at radius 1 is 1.12 bits per heavy atom. The monoisotopic (exact) mass is 368 g/mol. The first-order chi connectivity index (χ1) is 12.7. The molecular weight excluding hydrogens is 340 g/mol. The predicted molar refractivity (Wildman–Crippen MR) is 107 cm³/mol. The highest BCUT2D eigenvalue weighted by Gasteiger charge is 2.45. The summed E-state index contributed by atoms with van der Waals surface area (Å²) in [4.78, 5) is 14.0. The van der Waals surface area contributed by atoms with Crippen molar-refractivity contribution in [1.82, 2.24) is 19.8 Å². The summed E-state index contributed by atoms with van der Waals surface area (Å²) in [5.74, 6) is 0.681. The third-order valence-electron chi connectivity index (χ3n) is 6.26. The summed E-state index contributed by atoms with van der Waals surface area (Å²) in [6.07, 6.45) is 9.80. The van der Waals surface area contributed by atoms with E-state index in [1.165, 1.54) is 36.9 Å². The molecule has 1 spiro atoms. The molecule has 4 nitrogen and oxygen atoms in total. The molecule has 4 rings (SSSR count). The zero-order valence-electron chi connectivity index (χ0n) is 15.8. The fourth-order valence-electron chi connectivity index (χ4n) is 4.65. The normalized spacial score (nSPS) is 23.5. The summed E-state index contributed by atoms with van der Waals surface area (Å²) in [5, 5.41) is 0.853. The molecule has 3 heterocycles. The second-order valence-corrected chi connectivity index (χ2v) is 8.54. The molecular formula is C21H28N4S. The number of benzene rings is 1. The highest BCUT2D eigenvalue weighted by Crippen LogP contribution is 2.44. The summed E-state index contributed by atoms with van der Waals surface area (Å²) in [6, 6.07) is 11.1. The lowest BCUT2D eigenvalue weighted by Crippen LogP contribution is -2.50. The zero-order valence-corrected chi connectivity index (χ0v) is 16.6. The lowest BCUT2D eigenvalue weighted by atomic mass is 9.81. The van der Waals surface area contributed by atoms with E-state index >= 15 is 0 Å².